The molecule has 34 heavy (non-hydrogen) atoms. The molecule has 3 heterocycles. The number of fused-ring (bicyclic) bond motifs is 1. The van der Waals surface area contributed by atoms with E-state index in [1.807, 2.05) is 31.2 Å². The first-order valence-electron chi connectivity index (χ1n) is 12.1. The summed E-state index contributed by atoms with van der Waals surface area (Å²) < 4.78 is 3.00. The second kappa shape index (κ2) is 10.1. The van der Waals surface area contributed by atoms with E-state index in [0.29, 0.717) is 40.8 Å². The Morgan fingerprint density at radius 1 is 1.15 bits per heavy atom. The first-order chi connectivity index (χ1) is 16.3. The number of carbonyl (C=O) groups excluding carboxylic acids is 1. The molecule has 1 aliphatic rings. The van der Waals surface area contributed by atoms with Crippen LogP contribution in [-0.4, -0.2) is 33.1 Å². The zero-order valence-electron chi connectivity index (χ0n) is 20.3. The van der Waals surface area contributed by atoms with Crippen molar-refractivity contribution in [2.75, 3.05) is 23.3 Å². The summed E-state index contributed by atoms with van der Waals surface area (Å²) in [4.78, 5) is 46.1. The normalized spacial score (nSPS) is 14.8. The van der Waals surface area contributed by atoms with E-state index in [0.717, 1.165) is 31.1 Å². The van der Waals surface area contributed by atoms with E-state index in [1.165, 1.54) is 26.0 Å². The van der Waals surface area contributed by atoms with Crippen molar-refractivity contribution in [2.24, 2.45) is 5.92 Å². The summed E-state index contributed by atoms with van der Waals surface area (Å²) in [6.45, 7) is 10.2. The Labute approximate surface area is 203 Å². The van der Waals surface area contributed by atoms with Crippen LogP contribution in [0.4, 0.5) is 10.8 Å². The highest BCUT2D eigenvalue weighted by atomic mass is 32.1. The molecule has 1 N–H and O–H groups in total. The molecule has 1 fully saturated rings. The largest absolute Gasteiger partial charge is 0.348 e. The number of aromatic nitrogens is 3. The van der Waals surface area contributed by atoms with Crippen LogP contribution in [0, 0.1) is 5.92 Å². The summed E-state index contributed by atoms with van der Waals surface area (Å²) in [6.07, 6.45) is 2.78. The van der Waals surface area contributed by atoms with E-state index in [2.05, 4.69) is 36.0 Å². The van der Waals surface area contributed by atoms with Gasteiger partial charge in [0.05, 0.1) is 0 Å². The van der Waals surface area contributed by atoms with Crippen molar-refractivity contribution in [1.82, 2.24) is 14.1 Å². The maximum atomic E-state index is 13.2. The Kier molecular flexibility index (Phi) is 7.21. The van der Waals surface area contributed by atoms with Crippen molar-refractivity contribution in [3.8, 4) is 0 Å². The van der Waals surface area contributed by atoms with E-state index < -0.39 is 5.69 Å². The molecule has 182 valence electrons. The number of benzene rings is 1. The molecule has 0 saturated carbocycles. The zero-order chi connectivity index (χ0) is 24.4. The maximum absolute atomic E-state index is 13.2. The van der Waals surface area contributed by atoms with Gasteiger partial charge < -0.3 is 10.2 Å². The molecule has 1 amide bonds. The van der Waals surface area contributed by atoms with Crippen LogP contribution in [0.3, 0.4) is 0 Å². The van der Waals surface area contributed by atoms with Crippen LogP contribution in [0.25, 0.3) is 10.3 Å². The summed E-state index contributed by atoms with van der Waals surface area (Å²) in [6, 6.07) is 7.69. The topological polar surface area (TPSA) is 89.2 Å². The predicted molar refractivity (Wildman–Crippen MR) is 138 cm³/mol. The Morgan fingerprint density at radius 2 is 1.82 bits per heavy atom. The standard InChI is InChI=1S/C25H33N5O3S/c1-5-12-29-23(32)21-22(27-24(34-21)28-13-10-17(4)11-14-28)30(25(29)33)15-20(31)26-19-8-6-18(7-9-19)16(2)3/h6-9,16-17H,5,10-15H2,1-4H3,(H,26,31). The van der Waals surface area contributed by atoms with E-state index in [9.17, 15) is 14.4 Å². The fourth-order valence-electron chi connectivity index (χ4n) is 4.26. The minimum Gasteiger partial charge on any atom is -0.348 e. The van der Waals surface area contributed by atoms with Crippen LogP contribution in [0.15, 0.2) is 33.9 Å². The molecule has 1 saturated heterocycles. The molecule has 3 aromatic rings. The summed E-state index contributed by atoms with van der Waals surface area (Å²) in [5.74, 6) is 0.742. The fourth-order valence-corrected chi connectivity index (χ4v) is 5.33. The predicted octanol–water partition coefficient (Wildman–Crippen LogP) is 4.03. The third-order valence-corrected chi connectivity index (χ3v) is 7.51. The Bertz CT molecular complexity index is 1280. The number of anilines is 2. The Hall–Kier alpha value is -2.94. The SMILES string of the molecule is CCCn1c(=O)c2sc(N3CCC(C)CC3)nc2n(CC(=O)Nc2ccc(C(C)C)cc2)c1=O. The van der Waals surface area contributed by atoms with Crippen LogP contribution in [0.1, 0.15) is 58.4 Å². The number of amides is 1. The van der Waals surface area contributed by atoms with Gasteiger partial charge in [-0.05, 0) is 48.8 Å². The number of piperidine rings is 1. The van der Waals surface area contributed by atoms with Crippen LogP contribution >= 0.6 is 11.3 Å². The van der Waals surface area contributed by atoms with E-state index >= 15 is 0 Å². The molecule has 4 rings (SSSR count). The molecule has 0 spiro atoms. The van der Waals surface area contributed by atoms with Gasteiger partial charge in [-0.15, -0.1) is 0 Å². The molecular weight excluding hydrogens is 450 g/mol. The zero-order valence-corrected chi connectivity index (χ0v) is 21.2. The molecule has 8 nitrogen and oxygen atoms in total. The van der Waals surface area contributed by atoms with E-state index in [-0.39, 0.29) is 18.0 Å². The van der Waals surface area contributed by atoms with Gasteiger partial charge in [0, 0.05) is 25.3 Å². The molecule has 1 aliphatic heterocycles. The van der Waals surface area contributed by atoms with Crippen molar-refractivity contribution in [2.45, 2.75) is 66.0 Å². The fraction of sp³-hybridized carbons (Fsp3) is 0.520. The van der Waals surface area contributed by atoms with Crippen LogP contribution in [0.2, 0.25) is 0 Å². The molecule has 2 aromatic heterocycles. The van der Waals surface area contributed by atoms with Crippen molar-refractivity contribution in [3.63, 3.8) is 0 Å². The number of hydrogen-bond donors (Lipinski definition) is 1. The lowest BCUT2D eigenvalue weighted by Gasteiger charge is -2.29. The first-order valence-corrected chi connectivity index (χ1v) is 12.9. The highest BCUT2D eigenvalue weighted by Gasteiger charge is 2.23. The van der Waals surface area contributed by atoms with Crippen LogP contribution < -0.4 is 21.5 Å². The summed E-state index contributed by atoms with van der Waals surface area (Å²) >= 11 is 1.32. The van der Waals surface area contributed by atoms with Gasteiger partial charge in [-0.2, -0.15) is 0 Å². The highest BCUT2D eigenvalue weighted by Crippen LogP contribution is 2.29. The van der Waals surface area contributed by atoms with Gasteiger partial charge in [0.25, 0.3) is 5.56 Å². The Morgan fingerprint density at radius 3 is 2.44 bits per heavy atom. The third kappa shape index (κ3) is 4.94. The summed E-state index contributed by atoms with van der Waals surface area (Å²) in [5.41, 5.74) is 1.34. The minimum absolute atomic E-state index is 0.203. The van der Waals surface area contributed by atoms with Gasteiger partial charge >= 0.3 is 5.69 Å². The molecule has 0 atom stereocenters. The van der Waals surface area contributed by atoms with Gasteiger partial charge in [-0.3, -0.25) is 18.7 Å². The number of rotatable bonds is 7. The highest BCUT2D eigenvalue weighted by molar-refractivity contribution is 7.22. The maximum Gasteiger partial charge on any atom is 0.333 e. The number of carbonyl (C=O) groups is 1. The summed E-state index contributed by atoms with van der Waals surface area (Å²) in [5, 5.41) is 3.61. The quantitative estimate of drug-likeness (QED) is 0.548. The van der Waals surface area contributed by atoms with Gasteiger partial charge in [0.1, 0.15) is 11.2 Å². The average molecular weight is 484 g/mol. The lowest BCUT2D eigenvalue weighted by molar-refractivity contribution is -0.116. The van der Waals surface area contributed by atoms with Gasteiger partial charge in [0.2, 0.25) is 5.91 Å². The van der Waals surface area contributed by atoms with Crippen molar-refractivity contribution in [3.05, 3.63) is 50.7 Å². The monoisotopic (exact) mass is 483 g/mol. The second-order valence-corrected chi connectivity index (χ2v) is 10.4. The average Bonchev–Trinajstić information content (AvgIpc) is 3.26. The van der Waals surface area contributed by atoms with Crippen molar-refractivity contribution < 1.29 is 4.79 Å². The van der Waals surface area contributed by atoms with Crippen LogP contribution in [0.5, 0.6) is 0 Å². The smallest absolute Gasteiger partial charge is 0.333 e. The van der Waals surface area contributed by atoms with Gasteiger partial charge in [-0.1, -0.05) is 51.2 Å². The van der Waals surface area contributed by atoms with Crippen molar-refractivity contribution >= 4 is 38.4 Å². The van der Waals surface area contributed by atoms with E-state index in [1.54, 1.807) is 0 Å². The van der Waals surface area contributed by atoms with Gasteiger partial charge in [0.15, 0.2) is 10.8 Å². The van der Waals surface area contributed by atoms with Crippen LogP contribution in [-0.2, 0) is 17.9 Å². The molecule has 0 radical (unpaired) electrons. The molecule has 0 unspecified atom stereocenters. The minimum atomic E-state index is -0.492. The Balaban J connectivity index is 1.67. The number of nitrogens with zero attached hydrogens (tertiary/aromatic N) is 4. The summed E-state index contributed by atoms with van der Waals surface area (Å²) in [7, 11) is 0. The lowest BCUT2D eigenvalue weighted by atomic mass is 10.00. The lowest BCUT2D eigenvalue weighted by Crippen LogP contribution is -2.41. The molecule has 0 aliphatic carbocycles. The second-order valence-electron chi connectivity index (χ2n) is 9.47. The number of hydrogen-bond acceptors (Lipinski definition) is 6. The molecule has 1 aromatic carbocycles. The molecular formula is C25H33N5O3S. The first kappa shape index (κ1) is 24.2. The van der Waals surface area contributed by atoms with E-state index in [4.69, 9.17) is 0 Å². The van der Waals surface area contributed by atoms with Crippen molar-refractivity contribution in [1.29, 1.82) is 0 Å². The molecule has 9 heteroatoms. The van der Waals surface area contributed by atoms with Gasteiger partial charge in [-0.25, -0.2) is 9.78 Å². The number of nitrogens with one attached hydrogen (secondary N) is 1. The number of thiazole rings is 1. The third-order valence-electron chi connectivity index (χ3n) is 6.42. The molecule has 0 bridgehead atoms.